The zero-order valence-electron chi connectivity index (χ0n) is 24.4. The SMILES string of the molecule is C[Si](C)OC(c1coc(-c2cncc([C@@]34CC[C@@H](c5cc(-c6c(F)cccc6F)nnc53)C4(C)C)n2)n1)C(C)(C)C. The summed E-state index contributed by atoms with van der Waals surface area (Å²) in [7, 11) is -0.972. The molecule has 1 aromatic carbocycles. The topological polar surface area (TPSA) is 86.8 Å². The Hall–Kier alpha value is -3.37. The van der Waals surface area contributed by atoms with Crippen LogP contribution in [0.2, 0.25) is 13.1 Å². The number of aromatic nitrogens is 5. The minimum absolute atomic E-state index is 0.129. The van der Waals surface area contributed by atoms with Gasteiger partial charge < -0.3 is 8.84 Å². The van der Waals surface area contributed by atoms with E-state index in [2.05, 4.69) is 62.9 Å². The molecule has 1 unspecified atom stereocenters. The molecule has 0 spiro atoms. The second-order valence-corrected chi connectivity index (χ2v) is 15.0. The van der Waals surface area contributed by atoms with Crippen LogP contribution in [0.5, 0.6) is 0 Å². The fourth-order valence-electron chi connectivity index (χ4n) is 6.87. The summed E-state index contributed by atoms with van der Waals surface area (Å²) >= 11 is 0. The Balaban J connectivity index is 1.42. The smallest absolute Gasteiger partial charge is 0.247 e. The summed E-state index contributed by atoms with van der Waals surface area (Å²) in [6.45, 7) is 15.0. The van der Waals surface area contributed by atoms with Crippen LogP contribution < -0.4 is 0 Å². The largest absolute Gasteiger partial charge is 0.443 e. The van der Waals surface area contributed by atoms with Gasteiger partial charge in [0, 0.05) is 6.20 Å². The first-order valence-corrected chi connectivity index (χ1v) is 16.3. The van der Waals surface area contributed by atoms with Crippen molar-refractivity contribution in [3.05, 3.63) is 77.2 Å². The zero-order chi connectivity index (χ0) is 29.3. The Morgan fingerprint density at radius 3 is 2.46 bits per heavy atom. The highest BCUT2D eigenvalue weighted by atomic mass is 28.3. The van der Waals surface area contributed by atoms with E-state index in [0.717, 1.165) is 35.5 Å². The lowest BCUT2D eigenvalue weighted by Crippen LogP contribution is -2.38. The monoisotopic (exact) mass is 574 g/mol. The molecule has 0 N–H and O–H groups in total. The number of hydrogen-bond donors (Lipinski definition) is 0. The summed E-state index contributed by atoms with van der Waals surface area (Å²) in [6.07, 6.45) is 6.58. The molecule has 2 aliphatic rings. The molecule has 3 atom stereocenters. The number of rotatable bonds is 6. The van der Waals surface area contributed by atoms with E-state index in [-0.39, 0.29) is 34.1 Å². The van der Waals surface area contributed by atoms with Crippen LogP contribution in [0.4, 0.5) is 8.78 Å². The predicted molar refractivity (Wildman–Crippen MR) is 152 cm³/mol. The van der Waals surface area contributed by atoms with E-state index in [4.69, 9.17) is 18.8 Å². The van der Waals surface area contributed by atoms with Crippen LogP contribution in [0.25, 0.3) is 22.8 Å². The van der Waals surface area contributed by atoms with Gasteiger partial charge in [-0.1, -0.05) is 40.7 Å². The molecular formula is C31H34F2N5O2Si. The molecule has 3 aromatic heterocycles. The van der Waals surface area contributed by atoms with Crippen molar-refractivity contribution < 1.29 is 17.6 Å². The van der Waals surface area contributed by atoms with E-state index in [1.807, 2.05) is 0 Å². The number of halogens is 2. The lowest BCUT2D eigenvalue weighted by atomic mass is 9.66. The molecule has 1 saturated carbocycles. The predicted octanol–water partition coefficient (Wildman–Crippen LogP) is 7.43. The third-order valence-electron chi connectivity index (χ3n) is 8.82. The standard InChI is InChI=1S/C31H34F2N5O2Si/c1-29(2,3)27(40-41(6)7)23-16-39-28(36-23)22-14-34-15-24(35-22)31-12-11-18(30(31,4)5)17-13-21(37-38-26(17)31)25-19(32)9-8-10-20(25)33/h8-10,13-16,18,27H,11-12H2,1-7H3/t18-,27?,31-/m0/s1. The van der Waals surface area contributed by atoms with E-state index in [1.165, 1.54) is 18.2 Å². The molecule has 41 heavy (non-hydrogen) atoms. The summed E-state index contributed by atoms with van der Waals surface area (Å²) in [4.78, 5) is 14.4. The van der Waals surface area contributed by atoms with E-state index in [9.17, 15) is 8.78 Å². The number of hydrogen-bond acceptors (Lipinski definition) is 7. The van der Waals surface area contributed by atoms with Gasteiger partial charge >= 0.3 is 0 Å². The Bertz CT molecular complexity index is 1610. The Kier molecular flexibility index (Phi) is 6.50. The van der Waals surface area contributed by atoms with Crippen LogP contribution in [0, 0.1) is 22.5 Å². The molecule has 0 amide bonds. The van der Waals surface area contributed by atoms with Crippen LogP contribution in [-0.4, -0.2) is 34.2 Å². The Morgan fingerprint density at radius 1 is 1.05 bits per heavy atom. The molecule has 7 nitrogen and oxygen atoms in total. The molecule has 213 valence electrons. The van der Waals surface area contributed by atoms with Crippen molar-refractivity contribution in [2.24, 2.45) is 10.8 Å². The first kappa shape index (κ1) is 27.8. The highest BCUT2D eigenvalue weighted by Gasteiger charge is 2.65. The highest BCUT2D eigenvalue weighted by Crippen LogP contribution is 2.69. The first-order valence-electron chi connectivity index (χ1n) is 13.9. The maximum Gasteiger partial charge on any atom is 0.247 e. The molecule has 3 heterocycles. The van der Waals surface area contributed by atoms with Gasteiger partial charge in [-0.25, -0.2) is 18.7 Å². The normalized spacial score (nSPS) is 21.9. The molecule has 4 aromatic rings. The Labute approximate surface area is 240 Å². The van der Waals surface area contributed by atoms with E-state index in [0.29, 0.717) is 11.6 Å². The van der Waals surface area contributed by atoms with E-state index >= 15 is 0 Å². The van der Waals surface area contributed by atoms with Gasteiger partial charge in [0.2, 0.25) is 14.9 Å². The summed E-state index contributed by atoms with van der Waals surface area (Å²) in [5, 5.41) is 8.95. The third kappa shape index (κ3) is 4.25. The molecule has 1 radical (unpaired) electrons. The number of nitrogens with zero attached hydrogens (tertiary/aromatic N) is 5. The number of fused-ring (bicyclic) bond motifs is 5. The second kappa shape index (κ2) is 9.59. The van der Waals surface area contributed by atoms with Crippen molar-refractivity contribution in [2.45, 2.75) is 78.0 Å². The van der Waals surface area contributed by atoms with Gasteiger partial charge in [0.25, 0.3) is 0 Å². The van der Waals surface area contributed by atoms with Gasteiger partial charge in [0.15, 0.2) is 0 Å². The quantitative estimate of drug-likeness (QED) is 0.221. The van der Waals surface area contributed by atoms with E-state index < -0.39 is 26.1 Å². The summed E-state index contributed by atoms with van der Waals surface area (Å²) < 4.78 is 41.4. The van der Waals surface area contributed by atoms with Crippen molar-refractivity contribution in [1.29, 1.82) is 0 Å². The fourth-order valence-corrected chi connectivity index (χ4v) is 7.82. The average Bonchev–Trinajstić information content (AvgIpc) is 3.55. The Morgan fingerprint density at radius 2 is 1.78 bits per heavy atom. The highest BCUT2D eigenvalue weighted by molar-refractivity contribution is 6.48. The molecule has 2 aliphatic carbocycles. The van der Waals surface area contributed by atoms with Crippen molar-refractivity contribution in [3.63, 3.8) is 0 Å². The third-order valence-corrected chi connectivity index (χ3v) is 9.53. The first-order chi connectivity index (χ1) is 19.3. The number of benzene rings is 1. The van der Waals surface area contributed by atoms with Crippen LogP contribution in [0.3, 0.4) is 0 Å². The van der Waals surface area contributed by atoms with Gasteiger partial charge in [-0.2, -0.15) is 5.10 Å². The fraction of sp³-hybridized carbons (Fsp3) is 0.452. The summed E-state index contributed by atoms with van der Waals surface area (Å²) in [5.41, 5.74) is 2.80. The second-order valence-electron chi connectivity index (χ2n) is 13.0. The molecule has 2 bridgehead atoms. The molecular weight excluding hydrogens is 540 g/mol. The molecule has 0 saturated heterocycles. The van der Waals surface area contributed by atoms with Crippen molar-refractivity contribution in [1.82, 2.24) is 25.1 Å². The van der Waals surface area contributed by atoms with Gasteiger partial charge in [-0.05, 0) is 66.4 Å². The average molecular weight is 575 g/mol. The molecule has 10 heteroatoms. The van der Waals surface area contributed by atoms with Crippen molar-refractivity contribution in [3.8, 4) is 22.8 Å². The minimum Gasteiger partial charge on any atom is -0.443 e. The number of oxazole rings is 1. The van der Waals surface area contributed by atoms with Crippen molar-refractivity contribution >= 4 is 9.04 Å². The van der Waals surface area contributed by atoms with Gasteiger partial charge in [0.05, 0.1) is 40.4 Å². The lowest BCUT2D eigenvalue weighted by Gasteiger charge is -2.37. The lowest BCUT2D eigenvalue weighted by molar-refractivity contribution is 0.0826. The van der Waals surface area contributed by atoms with Crippen LogP contribution in [-0.2, 0) is 9.84 Å². The van der Waals surface area contributed by atoms with Crippen LogP contribution >= 0.6 is 0 Å². The van der Waals surface area contributed by atoms with E-state index in [1.54, 1.807) is 24.7 Å². The summed E-state index contributed by atoms with van der Waals surface area (Å²) in [6, 6.07) is 5.62. The summed E-state index contributed by atoms with van der Waals surface area (Å²) in [5.74, 6) is -0.806. The van der Waals surface area contributed by atoms with Crippen LogP contribution in [0.1, 0.15) is 82.1 Å². The minimum atomic E-state index is -0.972. The molecule has 1 fully saturated rings. The van der Waals surface area contributed by atoms with Gasteiger partial charge in [-0.3, -0.25) is 4.98 Å². The zero-order valence-corrected chi connectivity index (χ0v) is 25.4. The molecule has 6 rings (SSSR count). The van der Waals surface area contributed by atoms with Crippen molar-refractivity contribution in [2.75, 3.05) is 0 Å². The van der Waals surface area contributed by atoms with Gasteiger partial charge in [0.1, 0.15) is 29.3 Å². The molecule has 0 aliphatic heterocycles. The maximum absolute atomic E-state index is 14.6. The maximum atomic E-state index is 14.6. The van der Waals surface area contributed by atoms with Crippen LogP contribution in [0.15, 0.2) is 47.3 Å². The van der Waals surface area contributed by atoms with Gasteiger partial charge in [-0.15, -0.1) is 5.10 Å².